The maximum absolute atomic E-state index is 12.5. The minimum atomic E-state index is -0.0537. The first-order valence-electron chi connectivity index (χ1n) is 10.3. The summed E-state index contributed by atoms with van der Waals surface area (Å²) in [6.45, 7) is 9.64. The van der Waals surface area contributed by atoms with Crippen LogP contribution in [-0.4, -0.2) is 69.5 Å². The van der Waals surface area contributed by atoms with Gasteiger partial charge in [-0.3, -0.25) is 4.79 Å². The summed E-state index contributed by atoms with van der Waals surface area (Å²) in [7, 11) is 0. The van der Waals surface area contributed by atoms with E-state index >= 15 is 0 Å². The number of nitrogens with one attached hydrogen (secondary N) is 1. The van der Waals surface area contributed by atoms with Gasteiger partial charge in [-0.2, -0.15) is 0 Å². The minimum Gasteiger partial charge on any atom is -0.338 e. The van der Waals surface area contributed by atoms with E-state index in [4.69, 9.17) is 0 Å². The first kappa shape index (κ1) is 19.6. The zero-order chi connectivity index (χ0) is 19.4. The topological polar surface area (TPSA) is 83.4 Å². The van der Waals surface area contributed by atoms with Crippen LogP contribution in [0.4, 0.5) is 4.79 Å². The van der Waals surface area contributed by atoms with E-state index in [1.165, 1.54) is 0 Å². The highest BCUT2D eigenvalue weighted by atomic mass is 16.2. The lowest BCUT2D eigenvalue weighted by molar-refractivity contribution is -0.0228. The van der Waals surface area contributed by atoms with Crippen molar-refractivity contribution in [3.05, 3.63) is 11.9 Å². The van der Waals surface area contributed by atoms with Crippen LogP contribution in [0, 0.1) is 5.41 Å². The van der Waals surface area contributed by atoms with Crippen LogP contribution in [0.5, 0.6) is 0 Å². The zero-order valence-corrected chi connectivity index (χ0v) is 16.8. The highest BCUT2D eigenvalue weighted by Crippen LogP contribution is 2.56. The third-order valence-corrected chi connectivity index (χ3v) is 6.29. The zero-order valence-electron chi connectivity index (χ0n) is 16.8. The number of likely N-dealkylation sites (tertiary alicyclic amines) is 1. The molecular formula is C19H32N6O2. The summed E-state index contributed by atoms with van der Waals surface area (Å²) in [5.41, 5.74) is 0.613. The molecule has 1 atom stereocenters. The molecule has 2 fully saturated rings. The lowest BCUT2D eigenvalue weighted by Gasteiger charge is -2.53. The molecule has 150 valence electrons. The third-order valence-electron chi connectivity index (χ3n) is 6.29. The summed E-state index contributed by atoms with van der Waals surface area (Å²) in [5, 5.41) is 11.4. The monoisotopic (exact) mass is 376 g/mol. The minimum absolute atomic E-state index is 0.0513. The van der Waals surface area contributed by atoms with Crippen molar-refractivity contribution in [2.24, 2.45) is 5.41 Å². The summed E-state index contributed by atoms with van der Waals surface area (Å²) in [6, 6.07) is 0.333. The molecule has 1 aromatic rings. The van der Waals surface area contributed by atoms with Crippen molar-refractivity contribution in [2.75, 3.05) is 32.7 Å². The smallest absolute Gasteiger partial charge is 0.317 e. The number of carbonyl (C=O) groups excluding carboxylic acids is 2. The van der Waals surface area contributed by atoms with E-state index in [2.05, 4.69) is 22.6 Å². The Balaban J connectivity index is 1.62. The molecule has 2 aliphatic rings. The van der Waals surface area contributed by atoms with Crippen molar-refractivity contribution in [2.45, 2.75) is 58.9 Å². The van der Waals surface area contributed by atoms with Crippen LogP contribution < -0.4 is 5.32 Å². The van der Waals surface area contributed by atoms with Gasteiger partial charge in [0.2, 0.25) is 0 Å². The average molecular weight is 377 g/mol. The van der Waals surface area contributed by atoms with E-state index in [1.807, 2.05) is 29.6 Å². The van der Waals surface area contributed by atoms with Gasteiger partial charge in [-0.15, -0.1) is 5.10 Å². The SMILES string of the molecule is CCCNC(=O)N1CCC2(CCC2n2cc(C(=O)N(CC)CC)nn2)CC1. The Labute approximate surface area is 161 Å². The average Bonchev–Trinajstić information content (AvgIpc) is 3.15. The number of aromatic nitrogens is 3. The lowest BCUT2D eigenvalue weighted by atomic mass is 9.59. The predicted octanol–water partition coefficient (Wildman–Crippen LogP) is 2.30. The molecule has 0 bridgehead atoms. The Morgan fingerprint density at radius 1 is 1.22 bits per heavy atom. The van der Waals surface area contributed by atoms with Crippen LogP contribution in [0.3, 0.4) is 0 Å². The highest BCUT2D eigenvalue weighted by molar-refractivity contribution is 5.91. The van der Waals surface area contributed by atoms with Gasteiger partial charge in [-0.1, -0.05) is 12.1 Å². The summed E-state index contributed by atoms with van der Waals surface area (Å²) in [5.74, 6) is -0.0537. The van der Waals surface area contributed by atoms with Crippen molar-refractivity contribution in [3.8, 4) is 0 Å². The molecule has 27 heavy (non-hydrogen) atoms. The second-order valence-corrected chi connectivity index (χ2v) is 7.70. The third kappa shape index (κ3) is 3.80. The molecule has 1 saturated heterocycles. The first-order chi connectivity index (χ1) is 13.0. The quantitative estimate of drug-likeness (QED) is 0.826. The van der Waals surface area contributed by atoms with E-state index in [0.717, 1.165) is 51.7 Å². The van der Waals surface area contributed by atoms with Crippen LogP contribution in [0.25, 0.3) is 0 Å². The number of hydrogen-bond donors (Lipinski definition) is 1. The second kappa shape index (κ2) is 8.27. The largest absolute Gasteiger partial charge is 0.338 e. The predicted molar refractivity (Wildman–Crippen MR) is 102 cm³/mol. The number of piperidine rings is 1. The van der Waals surface area contributed by atoms with E-state index in [0.29, 0.717) is 18.8 Å². The fourth-order valence-corrected chi connectivity index (χ4v) is 4.38. The Bertz CT molecular complexity index is 661. The Kier molecular flexibility index (Phi) is 6.01. The Morgan fingerprint density at radius 2 is 1.93 bits per heavy atom. The number of carbonyl (C=O) groups is 2. The van der Waals surface area contributed by atoms with Gasteiger partial charge in [0.25, 0.3) is 5.91 Å². The molecule has 1 aromatic heterocycles. The molecule has 0 radical (unpaired) electrons. The van der Waals surface area contributed by atoms with E-state index in [9.17, 15) is 9.59 Å². The van der Waals surface area contributed by atoms with Gasteiger partial charge in [0, 0.05) is 32.7 Å². The maximum atomic E-state index is 12.5. The van der Waals surface area contributed by atoms with Crippen LogP contribution >= 0.6 is 0 Å². The van der Waals surface area contributed by atoms with Crippen LogP contribution in [-0.2, 0) is 0 Å². The summed E-state index contributed by atoms with van der Waals surface area (Å²) in [6.07, 6.45) is 6.94. The van der Waals surface area contributed by atoms with E-state index in [1.54, 1.807) is 4.90 Å². The number of hydrogen-bond acceptors (Lipinski definition) is 4. The molecule has 0 aromatic carbocycles. The lowest BCUT2D eigenvalue weighted by Crippen LogP contribution is -2.53. The molecule has 3 amide bonds. The number of urea groups is 1. The van der Waals surface area contributed by atoms with Gasteiger partial charge in [0.15, 0.2) is 5.69 Å². The van der Waals surface area contributed by atoms with Crippen LogP contribution in [0.15, 0.2) is 6.20 Å². The summed E-state index contributed by atoms with van der Waals surface area (Å²) < 4.78 is 1.90. The van der Waals surface area contributed by atoms with Gasteiger partial charge in [0.1, 0.15) is 0 Å². The molecule has 1 saturated carbocycles. The number of amides is 3. The van der Waals surface area contributed by atoms with E-state index in [-0.39, 0.29) is 23.4 Å². The molecule has 8 heteroatoms. The molecule has 2 heterocycles. The molecule has 1 aliphatic carbocycles. The van der Waals surface area contributed by atoms with Crippen molar-refractivity contribution < 1.29 is 9.59 Å². The Morgan fingerprint density at radius 3 is 2.48 bits per heavy atom. The van der Waals surface area contributed by atoms with Gasteiger partial charge in [-0.05, 0) is 51.4 Å². The van der Waals surface area contributed by atoms with Crippen LogP contribution in [0.2, 0.25) is 0 Å². The summed E-state index contributed by atoms with van der Waals surface area (Å²) >= 11 is 0. The molecule has 3 rings (SSSR count). The molecular weight excluding hydrogens is 344 g/mol. The van der Waals surface area contributed by atoms with E-state index < -0.39 is 0 Å². The molecule has 1 aliphatic heterocycles. The van der Waals surface area contributed by atoms with Crippen LogP contribution in [0.1, 0.15) is 69.4 Å². The van der Waals surface area contributed by atoms with Crippen molar-refractivity contribution in [3.63, 3.8) is 0 Å². The van der Waals surface area contributed by atoms with Crippen molar-refractivity contribution >= 4 is 11.9 Å². The fraction of sp³-hybridized carbons (Fsp3) is 0.789. The summed E-state index contributed by atoms with van der Waals surface area (Å²) in [4.78, 5) is 28.3. The second-order valence-electron chi connectivity index (χ2n) is 7.70. The van der Waals surface area contributed by atoms with Gasteiger partial charge < -0.3 is 15.1 Å². The first-order valence-corrected chi connectivity index (χ1v) is 10.3. The highest BCUT2D eigenvalue weighted by Gasteiger charge is 2.50. The molecule has 1 N–H and O–H groups in total. The Hall–Kier alpha value is -2.12. The fourth-order valence-electron chi connectivity index (χ4n) is 4.38. The number of nitrogens with zero attached hydrogens (tertiary/aromatic N) is 5. The molecule has 1 spiro atoms. The maximum Gasteiger partial charge on any atom is 0.317 e. The van der Waals surface area contributed by atoms with Crippen molar-refractivity contribution in [1.29, 1.82) is 0 Å². The van der Waals surface area contributed by atoms with Gasteiger partial charge >= 0.3 is 6.03 Å². The normalized spacial score (nSPS) is 21.0. The molecule has 1 unspecified atom stereocenters. The molecule has 8 nitrogen and oxygen atoms in total. The van der Waals surface area contributed by atoms with Gasteiger partial charge in [0.05, 0.1) is 12.2 Å². The standard InChI is InChI=1S/C19H32N6O2/c1-4-11-20-18(27)24-12-9-19(10-13-24)8-7-16(19)25-14-15(21-22-25)17(26)23(5-2)6-3/h14,16H,4-13H2,1-3H3,(H,20,27). The number of rotatable bonds is 6. The van der Waals surface area contributed by atoms with Crippen molar-refractivity contribution in [1.82, 2.24) is 30.1 Å². The van der Waals surface area contributed by atoms with Gasteiger partial charge in [-0.25, -0.2) is 9.48 Å².